The van der Waals surface area contributed by atoms with Crippen molar-refractivity contribution in [3.63, 3.8) is 0 Å². The topological polar surface area (TPSA) is 52.1 Å². The van der Waals surface area contributed by atoms with Gasteiger partial charge in [0.15, 0.2) is 5.78 Å². The molecule has 2 aromatic carbocycles. The molecule has 0 N–H and O–H groups in total. The van der Waals surface area contributed by atoms with E-state index in [-0.39, 0.29) is 5.78 Å². The molecule has 0 aliphatic heterocycles. The summed E-state index contributed by atoms with van der Waals surface area (Å²) in [5.74, 6) is 0.482. The maximum Gasteiger partial charge on any atom is 0.199 e. The highest BCUT2D eigenvalue weighted by molar-refractivity contribution is 6.16. The van der Waals surface area contributed by atoms with Crippen LogP contribution >= 0.6 is 0 Å². The van der Waals surface area contributed by atoms with Gasteiger partial charge in [0, 0.05) is 12.4 Å². The molecule has 104 valence electrons. The van der Waals surface area contributed by atoms with E-state index in [1.165, 1.54) is 0 Å². The van der Waals surface area contributed by atoms with E-state index in [9.17, 15) is 4.79 Å². The Bertz CT molecular complexity index is 794. The molecule has 0 saturated heterocycles. The van der Waals surface area contributed by atoms with E-state index < -0.39 is 0 Å². The molecule has 0 atom stereocenters. The van der Waals surface area contributed by atoms with Crippen LogP contribution in [0.1, 0.15) is 22.8 Å². The number of hydrogen-bond donors (Lipinski definition) is 0. The zero-order valence-corrected chi connectivity index (χ0v) is 11.6. The monoisotopic (exact) mass is 278 g/mol. The summed E-state index contributed by atoms with van der Waals surface area (Å²) in [4.78, 5) is 21.3. The number of para-hydroxylation sites is 2. The SMILES string of the molecule is CCOc1ccccc1C(=O)c1cccc2nccnc12. The van der Waals surface area contributed by atoms with E-state index in [0.29, 0.717) is 34.5 Å². The predicted octanol–water partition coefficient (Wildman–Crippen LogP) is 3.26. The lowest BCUT2D eigenvalue weighted by Gasteiger charge is -2.10. The fraction of sp³-hybridized carbons (Fsp3) is 0.118. The minimum Gasteiger partial charge on any atom is -0.493 e. The van der Waals surface area contributed by atoms with Crippen LogP contribution in [0, 0.1) is 0 Å². The summed E-state index contributed by atoms with van der Waals surface area (Å²) in [5.41, 5.74) is 2.39. The Morgan fingerprint density at radius 3 is 2.62 bits per heavy atom. The largest absolute Gasteiger partial charge is 0.493 e. The molecule has 0 saturated carbocycles. The van der Waals surface area contributed by atoms with E-state index >= 15 is 0 Å². The molecule has 1 heterocycles. The molecular weight excluding hydrogens is 264 g/mol. The predicted molar refractivity (Wildman–Crippen MR) is 80.6 cm³/mol. The highest BCUT2D eigenvalue weighted by Crippen LogP contribution is 2.24. The van der Waals surface area contributed by atoms with Crippen LogP contribution in [0.2, 0.25) is 0 Å². The fourth-order valence-electron chi connectivity index (χ4n) is 2.26. The summed E-state index contributed by atoms with van der Waals surface area (Å²) in [6, 6.07) is 12.7. The van der Waals surface area contributed by atoms with E-state index in [1.807, 2.05) is 31.2 Å². The first-order chi connectivity index (χ1) is 10.3. The normalized spacial score (nSPS) is 10.5. The number of rotatable bonds is 4. The molecule has 4 heteroatoms. The quantitative estimate of drug-likeness (QED) is 0.687. The molecule has 21 heavy (non-hydrogen) atoms. The third kappa shape index (κ3) is 2.48. The van der Waals surface area contributed by atoms with Gasteiger partial charge in [0.25, 0.3) is 0 Å². The number of carbonyl (C=O) groups excluding carboxylic acids is 1. The van der Waals surface area contributed by atoms with Crippen LogP contribution in [0.25, 0.3) is 11.0 Å². The van der Waals surface area contributed by atoms with Crippen molar-refractivity contribution < 1.29 is 9.53 Å². The molecule has 0 fully saturated rings. The Morgan fingerprint density at radius 2 is 1.76 bits per heavy atom. The molecule has 0 amide bonds. The van der Waals surface area contributed by atoms with E-state index in [2.05, 4.69) is 9.97 Å². The van der Waals surface area contributed by atoms with Gasteiger partial charge in [-0.1, -0.05) is 18.2 Å². The third-order valence-corrected chi connectivity index (χ3v) is 3.17. The number of aromatic nitrogens is 2. The Labute approximate surface area is 122 Å². The smallest absolute Gasteiger partial charge is 0.199 e. The summed E-state index contributed by atoms with van der Waals surface area (Å²) >= 11 is 0. The van der Waals surface area contributed by atoms with Crippen molar-refractivity contribution in [2.75, 3.05) is 6.61 Å². The maximum absolute atomic E-state index is 12.8. The van der Waals surface area contributed by atoms with Crippen LogP contribution in [-0.4, -0.2) is 22.4 Å². The molecule has 0 unspecified atom stereocenters. The molecule has 0 radical (unpaired) electrons. The minimum absolute atomic E-state index is 0.106. The van der Waals surface area contributed by atoms with Crippen molar-refractivity contribution in [2.24, 2.45) is 0 Å². The Balaban J connectivity index is 2.13. The lowest BCUT2D eigenvalue weighted by molar-refractivity contribution is 0.103. The molecule has 4 nitrogen and oxygen atoms in total. The number of nitrogens with zero attached hydrogens (tertiary/aromatic N) is 2. The number of fused-ring (bicyclic) bond motifs is 1. The lowest BCUT2D eigenvalue weighted by Crippen LogP contribution is -2.06. The number of ketones is 1. The summed E-state index contributed by atoms with van der Waals surface area (Å²) < 4.78 is 5.53. The minimum atomic E-state index is -0.106. The van der Waals surface area contributed by atoms with E-state index in [1.54, 1.807) is 30.6 Å². The second-order valence-corrected chi connectivity index (χ2v) is 4.49. The molecule has 0 spiro atoms. The lowest BCUT2D eigenvalue weighted by atomic mass is 10.0. The molecule has 3 rings (SSSR count). The van der Waals surface area contributed by atoms with Crippen LogP contribution in [0.15, 0.2) is 54.9 Å². The van der Waals surface area contributed by atoms with Crippen molar-refractivity contribution in [2.45, 2.75) is 6.92 Å². The first kappa shape index (κ1) is 13.2. The Kier molecular flexibility index (Phi) is 3.60. The fourth-order valence-corrected chi connectivity index (χ4v) is 2.26. The van der Waals surface area contributed by atoms with Gasteiger partial charge in [-0.3, -0.25) is 14.8 Å². The van der Waals surface area contributed by atoms with Crippen LogP contribution in [0.5, 0.6) is 5.75 Å². The van der Waals surface area contributed by atoms with Crippen molar-refractivity contribution in [1.29, 1.82) is 0 Å². The second-order valence-electron chi connectivity index (χ2n) is 4.49. The van der Waals surface area contributed by atoms with Gasteiger partial charge in [0.2, 0.25) is 0 Å². The van der Waals surface area contributed by atoms with E-state index in [0.717, 1.165) is 0 Å². The van der Waals surface area contributed by atoms with Crippen molar-refractivity contribution in [3.8, 4) is 5.75 Å². The number of ether oxygens (including phenoxy) is 1. The summed E-state index contributed by atoms with van der Waals surface area (Å²) in [6.07, 6.45) is 3.21. The van der Waals surface area contributed by atoms with E-state index in [4.69, 9.17) is 4.74 Å². The average molecular weight is 278 g/mol. The highest BCUT2D eigenvalue weighted by atomic mass is 16.5. The maximum atomic E-state index is 12.8. The third-order valence-electron chi connectivity index (χ3n) is 3.17. The summed E-state index contributed by atoms with van der Waals surface area (Å²) in [7, 11) is 0. The van der Waals surface area contributed by atoms with Crippen molar-refractivity contribution in [1.82, 2.24) is 9.97 Å². The second kappa shape index (κ2) is 5.71. The van der Waals surface area contributed by atoms with Gasteiger partial charge in [-0.25, -0.2) is 0 Å². The highest BCUT2D eigenvalue weighted by Gasteiger charge is 2.17. The summed E-state index contributed by atoms with van der Waals surface area (Å²) in [5, 5.41) is 0. The molecule has 1 aromatic heterocycles. The van der Waals surface area contributed by atoms with Crippen LogP contribution in [0.4, 0.5) is 0 Å². The number of hydrogen-bond acceptors (Lipinski definition) is 4. The Hall–Kier alpha value is -2.75. The molecule has 0 aliphatic carbocycles. The van der Waals surface area contributed by atoms with Gasteiger partial charge < -0.3 is 4.74 Å². The zero-order valence-electron chi connectivity index (χ0n) is 11.6. The van der Waals surface area contributed by atoms with Gasteiger partial charge in [0.05, 0.1) is 28.8 Å². The molecule has 3 aromatic rings. The standard InChI is InChI=1S/C17H14N2O2/c1-2-21-15-9-4-3-6-12(15)17(20)13-7-5-8-14-16(13)19-11-10-18-14/h3-11H,2H2,1H3. The van der Waals surface area contributed by atoms with Crippen LogP contribution < -0.4 is 4.74 Å². The van der Waals surface area contributed by atoms with Crippen LogP contribution in [-0.2, 0) is 0 Å². The van der Waals surface area contributed by atoms with Gasteiger partial charge in [-0.2, -0.15) is 0 Å². The number of carbonyl (C=O) groups is 1. The Morgan fingerprint density at radius 1 is 1.00 bits per heavy atom. The van der Waals surface area contributed by atoms with Gasteiger partial charge >= 0.3 is 0 Å². The van der Waals surface area contributed by atoms with Gasteiger partial charge in [-0.05, 0) is 31.2 Å². The zero-order chi connectivity index (χ0) is 14.7. The summed E-state index contributed by atoms with van der Waals surface area (Å²) in [6.45, 7) is 2.41. The average Bonchev–Trinajstić information content (AvgIpc) is 2.54. The number of benzene rings is 2. The van der Waals surface area contributed by atoms with Crippen LogP contribution in [0.3, 0.4) is 0 Å². The molecular formula is C17H14N2O2. The molecule has 0 aliphatic rings. The van der Waals surface area contributed by atoms with Gasteiger partial charge in [-0.15, -0.1) is 0 Å². The van der Waals surface area contributed by atoms with Crippen molar-refractivity contribution >= 4 is 16.8 Å². The first-order valence-corrected chi connectivity index (χ1v) is 6.77. The van der Waals surface area contributed by atoms with Crippen molar-refractivity contribution in [3.05, 3.63) is 66.0 Å². The first-order valence-electron chi connectivity index (χ1n) is 6.77. The van der Waals surface area contributed by atoms with Gasteiger partial charge in [0.1, 0.15) is 5.75 Å². The molecule has 0 bridgehead atoms.